The summed E-state index contributed by atoms with van der Waals surface area (Å²) >= 11 is 5.92. The molecule has 126 valence electrons. The van der Waals surface area contributed by atoms with E-state index in [0.29, 0.717) is 18.0 Å². The molecular weight excluding hydrogens is 324 g/mol. The van der Waals surface area contributed by atoms with Crippen LogP contribution in [-0.2, 0) is 24.2 Å². The van der Waals surface area contributed by atoms with Gasteiger partial charge < -0.3 is 9.88 Å². The van der Waals surface area contributed by atoms with Crippen LogP contribution in [0.15, 0.2) is 30.3 Å². The van der Waals surface area contributed by atoms with E-state index in [9.17, 15) is 4.79 Å². The summed E-state index contributed by atoms with van der Waals surface area (Å²) in [5, 5.41) is 12.1. The number of carbonyl (C=O) groups is 1. The topological polar surface area (TPSA) is 59.8 Å². The number of aromatic nitrogens is 3. The lowest BCUT2D eigenvalue weighted by Gasteiger charge is -2.07. The zero-order valence-corrected chi connectivity index (χ0v) is 14.3. The predicted octanol–water partition coefficient (Wildman–Crippen LogP) is 3.03. The third-order valence-electron chi connectivity index (χ3n) is 4.11. The smallest absolute Gasteiger partial charge is 0.244 e. The predicted molar refractivity (Wildman–Crippen MR) is 94.8 cm³/mol. The fourth-order valence-corrected chi connectivity index (χ4v) is 3.07. The Hall–Kier alpha value is -2.14. The molecule has 0 fully saturated rings. The Balaban J connectivity index is 1.50. The van der Waals surface area contributed by atoms with Crippen molar-refractivity contribution in [3.63, 3.8) is 0 Å². The maximum atomic E-state index is 11.9. The van der Waals surface area contributed by atoms with Crippen molar-refractivity contribution in [1.82, 2.24) is 20.1 Å². The molecule has 1 aromatic carbocycles. The molecule has 1 N–H and O–H groups in total. The minimum Gasteiger partial charge on any atom is -0.352 e. The second-order valence-electron chi connectivity index (χ2n) is 5.92. The van der Waals surface area contributed by atoms with Gasteiger partial charge in [0.15, 0.2) is 0 Å². The number of halogens is 1. The highest BCUT2D eigenvalue weighted by Crippen LogP contribution is 2.14. The molecular formula is C18H21ClN4O. The molecule has 3 rings (SSSR count). The summed E-state index contributed by atoms with van der Waals surface area (Å²) in [6, 6.07) is 7.38. The van der Waals surface area contributed by atoms with Crippen LogP contribution in [0.4, 0.5) is 0 Å². The van der Waals surface area contributed by atoms with Gasteiger partial charge in [-0.2, -0.15) is 0 Å². The van der Waals surface area contributed by atoms with Crippen molar-refractivity contribution in [3.05, 3.63) is 52.6 Å². The van der Waals surface area contributed by atoms with E-state index in [0.717, 1.165) is 30.2 Å². The molecule has 2 heterocycles. The van der Waals surface area contributed by atoms with Gasteiger partial charge in [-0.05, 0) is 36.6 Å². The summed E-state index contributed by atoms with van der Waals surface area (Å²) in [6.45, 7) is 1.54. The lowest BCUT2D eigenvalue weighted by atomic mass is 10.2. The normalized spacial score (nSPS) is 14.4. The molecule has 0 aliphatic carbocycles. The van der Waals surface area contributed by atoms with Crippen LogP contribution in [-0.4, -0.2) is 27.2 Å². The van der Waals surface area contributed by atoms with Crippen LogP contribution in [0.5, 0.6) is 0 Å². The van der Waals surface area contributed by atoms with E-state index < -0.39 is 0 Å². The zero-order chi connectivity index (χ0) is 16.8. The Bertz CT molecular complexity index is 738. The largest absolute Gasteiger partial charge is 0.352 e. The van der Waals surface area contributed by atoms with Gasteiger partial charge in [-0.15, -0.1) is 10.2 Å². The van der Waals surface area contributed by atoms with Gasteiger partial charge in [0.1, 0.15) is 11.6 Å². The number of fused-ring (bicyclic) bond motifs is 1. The van der Waals surface area contributed by atoms with Crippen LogP contribution in [0.3, 0.4) is 0 Å². The number of rotatable bonds is 5. The lowest BCUT2D eigenvalue weighted by molar-refractivity contribution is -0.116. The van der Waals surface area contributed by atoms with Gasteiger partial charge in [0, 0.05) is 37.0 Å². The van der Waals surface area contributed by atoms with Crippen molar-refractivity contribution in [3.8, 4) is 0 Å². The molecule has 2 aromatic rings. The average Bonchev–Trinajstić information content (AvgIpc) is 2.80. The summed E-state index contributed by atoms with van der Waals surface area (Å²) in [5.74, 6) is 1.92. The van der Waals surface area contributed by atoms with Crippen LogP contribution in [0.25, 0.3) is 6.08 Å². The third-order valence-corrected chi connectivity index (χ3v) is 4.34. The van der Waals surface area contributed by atoms with E-state index in [-0.39, 0.29) is 5.91 Å². The number of carbonyl (C=O) groups excluding carboxylic acids is 1. The Labute approximate surface area is 146 Å². The molecule has 1 aliphatic rings. The first-order valence-electron chi connectivity index (χ1n) is 8.35. The molecule has 0 spiro atoms. The number of nitrogens with one attached hydrogen (secondary N) is 1. The van der Waals surface area contributed by atoms with Gasteiger partial charge in [-0.25, -0.2) is 0 Å². The Kier molecular flexibility index (Phi) is 5.64. The maximum Gasteiger partial charge on any atom is 0.244 e. The monoisotopic (exact) mass is 344 g/mol. The first kappa shape index (κ1) is 16.7. The number of hydrogen-bond acceptors (Lipinski definition) is 3. The lowest BCUT2D eigenvalue weighted by Crippen LogP contribution is -2.24. The molecule has 1 amide bonds. The van der Waals surface area contributed by atoms with Gasteiger partial charge in [0.2, 0.25) is 5.91 Å². The zero-order valence-electron chi connectivity index (χ0n) is 13.5. The quantitative estimate of drug-likeness (QED) is 0.848. The first-order chi connectivity index (χ1) is 11.7. The highest BCUT2D eigenvalue weighted by molar-refractivity contribution is 6.30. The number of aryl methyl sites for hydroxylation is 1. The van der Waals surface area contributed by atoms with Crippen LogP contribution in [0, 0.1) is 0 Å². The number of benzene rings is 1. The van der Waals surface area contributed by atoms with Gasteiger partial charge >= 0.3 is 0 Å². The number of nitrogens with zero attached hydrogens (tertiary/aromatic N) is 3. The van der Waals surface area contributed by atoms with E-state index in [4.69, 9.17) is 11.6 Å². The summed E-state index contributed by atoms with van der Waals surface area (Å²) in [5.41, 5.74) is 0.903. The molecule has 1 aliphatic heterocycles. The Morgan fingerprint density at radius 1 is 1.29 bits per heavy atom. The first-order valence-corrected chi connectivity index (χ1v) is 8.72. The van der Waals surface area contributed by atoms with Crippen molar-refractivity contribution in [2.45, 2.75) is 38.6 Å². The SMILES string of the molecule is O=C(/C=C/c1cccc(Cl)c1)NCCc1nnc2n1CCCCC2. The molecule has 0 radical (unpaired) electrons. The van der Waals surface area contributed by atoms with Crippen LogP contribution in [0.2, 0.25) is 5.02 Å². The highest BCUT2D eigenvalue weighted by atomic mass is 35.5. The molecule has 0 atom stereocenters. The third kappa shape index (κ3) is 4.45. The van der Waals surface area contributed by atoms with Gasteiger partial charge in [-0.3, -0.25) is 4.79 Å². The minimum atomic E-state index is -0.120. The summed E-state index contributed by atoms with van der Waals surface area (Å²) in [6.07, 6.45) is 8.58. The Morgan fingerprint density at radius 3 is 3.08 bits per heavy atom. The second kappa shape index (κ2) is 8.11. The Morgan fingerprint density at radius 2 is 2.21 bits per heavy atom. The van der Waals surface area contributed by atoms with E-state index in [2.05, 4.69) is 20.1 Å². The van der Waals surface area contributed by atoms with Crippen molar-refractivity contribution in [2.24, 2.45) is 0 Å². The van der Waals surface area contributed by atoms with Crippen molar-refractivity contribution in [2.75, 3.05) is 6.54 Å². The highest BCUT2D eigenvalue weighted by Gasteiger charge is 2.14. The summed E-state index contributed by atoms with van der Waals surface area (Å²) in [4.78, 5) is 11.9. The van der Waals surface area contributed by atoms with E-state index in [1.165, 1.54) is 25.3 Å². The summed E-state index contributed by atoms with van der Waals surface area (Å²) in [7, 11) is 0. The molecule has 5 nitrogen and oxygen atoms in total. The van der Waals surface area contributed by atoms with E-state index >= 15 is 0 Å². The molecule has 0 bridgehead atoms. The molecule has 0 unspecified atom stereocenters. The minimum absolute atomic E-state index is 0.120. The molecule has 6 heteroatoms. The number of hydrogen-bond donors (Lipinski definition) is 1. The van der Waals surface area contributed by atoms with Crippen LogP contribution >= 0.6 is 11.6 Å². The average molecular weight is 345 g/mol. The second-order valence-corrected chi connectivity index (χ2v) is 6.36. The molecule has 0 saturated carbocycles. The van der Waals surface area contributed by atoms with Gasteiger partial charge in [0.25, 0.3) is 0 Å². The summed E-state index contributed by atoms with van der Waals surface area (Å²) < 4.78 is 2.21. The van der Waals surface area contributed by atoms with Crippen molar-refractivity contribution in [1.29, 1.82) is 0 Å². The molecule has 1 aromatic heterocycles. The number of amides is 1. The van der Waals surface area contributed by atoms with Gasteiger partial charge in [-0.1, -0.05) is 30.2 Å². The van der Waals surface area contributed by atoms with E-state index in [1.807, 2.05) is 18.2 Å². The van der Waals surface area contributed by atoms with E-state index in [1.54, 1.807) is 12.1 Å². The van der Waals surface area contributed by atoms with Crippen molar-refractivity contribution >= 4 is 23.6 Å². The molecule has 0 saturated heterocycles. The van der Waals surface area contributed by atoms with Crippen LogP contribution < -0.4 is 5.32 Å². The standard InChI is InChI=1S/C18H21ClN4O/c19-15-6-4-5-14(13-15)8-9-18(24)20-11-10-17-22-21-16-7-2-1-3-12-23(16)17/h4-6,8-9,13H,1-3,7,10-12H2,(H,20,24)/b9-8+. The fourth-order valence-electron chi connectivity index (χ4n) is 2.87. The van der Waals surface area contributed by atoms with Crippen molar-refractivity contribution < 1.29 is 4.79 Å². The van der Waals surface area contributed by atoms with Gasteiger partial charge in [0.05, 0.1) is 0 Å². The maximum absolute atomic E-state index is 11.9. The fraction of sp³-hybridized carbons (Fsp3) is 0.389. The van der Waals surface area contributed by atoms with Crippen LogP contribution in [0.1, 0.15) is 36.5 Å². The molecule has 24 heavy (non-hydrogen) atoms.